The number of nitrogens with one attached hydrogen (secondary N) is 1. The van der Waals surface area contributed by atoms with E-state index in [1.807, 2.05) is 12.3 Å². The normalized spacial score (nSPS) is 21.2. The van der Waals surface area contributed by atoms with Gasteiger partial charge >= 0.3 is 0 Å². The van der Waals surface area contributed by atoms with Gasteiger partial charge in [-0.25, -0.2) is 4.98 Å². The van der Waals surface area contributed by atoms with Gasteiger partial charge in [-0.1, -0.05) is 12.8 Å². The minimum absolute atomic E-state index is 0.585. The first-order chi connectivity index (χ1) is 8.92. The van der Waals surface area contributed by atoms with Crippen molar-refractivity contribution in [2.24, 2.45) is 0 Å². The molecule has 18 heavy (non-hydrogen) atoms. The van der Waals surface area contributed by atoms with Crippen molar-refractivity contribution in [3.63, 3.8) is 0 Å². The zero-order chi connectivity index (χ0) is 12.2. The Morgan fingerprint density at radius 1 is 1.06 bits per heavy atom. The summed E-state index contributed by atoms with van der Waals surface area (Å²) in [7, 11) is 0. The SMILES string of the molecule is c1cc(N2CCCCC2)nc(NC2CCCC2)n1. The lowest BCUT2D eigenvalue weighted by Crippen LogP contribution is -2.30. The highest BCUT2D eigenvalue weighted by molar-refractivity contribution is 5.43. The van der Waals surface area contributed by atoms with Crippen LogP contribution in [0.1, 0.15) is 44.9 Å². The molecule has 0 bridgehead atoms. The minimum Gasteiger partial charge on any atom is -0.356 e. The highest BCUT2D eigenvalue weighted by Gasteiger charge is 2.17. The van der Waals surface area contributed by atoms with Crippen LogP contribution in [0, 0.1) is 0 Å². The van der Waals surface area contributed by atoms with Crippen LogP contribution in [-0.2, 0) is 0 Å². The monoisotopic (exact) mass is 246 g/mol. The van der Waals surface area contributed by atoms with Crippen molar-refractivity contribution in [2.45, 2.75) is 51.0 Å². The summed E-state index contributed by atoms with van der Waals surface area (Å²) in [6, 6.07) is 2.62. The molecule has 1 aromatic rings. The Balaban J connectivity index is 1.67. The maximum atomic E-state index is 4.66. The van der Waals surface area contributed by atoms with Gasteiger partial charge in [0.2, 0.25) is 5.95 Å². The van der Waals surface area contributed by atoms with Gasteiger partial charge in [0.15, 0.2) is 0 Å². The number of hydrogen-bond donors (Lipinski definition) is 1. The molecule has 1 aliphatic carbocycles. The molecule has 1 aliphatic heterocycles. The van der Waals surface area contributed by atoms with Crippen LogP contribution in [0.2, 0.25) is 0 Å². The van der Waals surface area contributed by atoms with E-state index < -0.39 is 0 Å². The van der Waals surface area contributed by atoms with Gasteiger partial charge in [0, 0.05) is 25.3 Å². The molecule has 0 radical (unpaired) electrons. The van der Waals surface area contributed by atoms with Crippen LogP contribution in [0.15, 0.2) is 12.3 Å². The molecule has 3 rings (SSSR count). The average Bonchev–Trinajstić information content (AvgIpc) is 2.93. The smallest absolute Gasteiger partial charge is 0.224 e. The van der Waals surface area contributed by atoms with Gasteiger partial charge in [0.25, 0.3) is 0 Å². The molecule has 1 saturated heterocycles. The fourth-order valence-electron chi connectivity index (χ4n) is 2.97. The molecule has 4 nitrogen and oxygen atoms in total. The summed E-state index contributed by atoms with van der Waals surface area (Å²) >= 11 is 0. The van der Waals surface area contributed by atoms with E-state index in [1.54, 1.807) is 0 Å². The summed E-state index contributed by atoms with van der Waals surface area (Å²) in [5.74, 6) is 1.90. The highest BCUT2D eigenvalue weighted by atomic mass is 15.2. The molecule has 0 atom stereocenters. The van der Waals surface area contributed by atoms with Crippen LogP contribution in [0.4, 0.5) is 11.8 Å². The van der Waals surface area contributed by atoms with Gasteiger partial charge in [-0.2, -0.15) is 4.98 Å². The summed E-state index contributed by atoms with van der Waals surface area (Å²) in [6.45, 7) is 2.28. The molecule has 0 unspecified atom stereocenters. The molecule has 1 aromatic heterocycles. The summed E-state index contributed by atoms with van der Waals surface area (Å²) in [5, 5.41) is 3.47. The second-order valence-corrected chi connectivity index (χ2v) is 5.41. The molecule has 2 aliphatic rings. The molecule has 4 heteroatoms. The van der Waals surface area contributed by atoms with E-state index in [2.05, 4.69) is 20.2 Å². The molecule has 0 spiro atoms. The molecule has 0 amide bonds. The third kappa shape index (κ3) is 2.74. The standard InChI is InChI=1S/C14H22N4/c1-4-10-18(11-5-1)13-8-9-15-14(17-13)16-12-6-2-3-7-12/h8-9,12H,1-7,10-11H2,(H,15,16,17). The van der Waals surface area contributed by atoms with Crippen LogP contribution >= 0.6 is 0 Å². The Kier molecular flexibility index (Phi) is 3.62. The number of rotatable bonds is 3. The Morgan fingerprint density at radius 2 is 1.83 bits per heavy atom. The summed E-state index contributed by atoms with van der Waals surface area (Å²) in [4.78, 5) is 11.4. The third-order valence-corrected chi connectivity index (χ3v) is 4.01. The Hall–Kier alpha value is -1.32. The number of piperidine rings is 1. The molecular weight excluding hydrogens is 224 g/mol. The van der Waals surface area contributed by atoms with Crippen LogP contribution in [0.5, 0.6) is 0 Å². The number of nitrogens with zero attached hydrogens (tertiary/aromatic N) is 3. The maximum Gasteiger partial charge on any atom is 0.224 e. The minimum atomic E-state index is 0.585. The predicted octanol–water partition coefficient (Wildman–Crippen LogP) is 2.82. The van der Waals surface area contributed by atoms with E-state index in [0.29, 0.717) is 6.04 Å². The van der Waals surface area contributed by atoms with E-state index in [1.165, 1.54) is 44.9 Å². The first kappa shape index (κ1) is 11.8. The maximum absolute atomic E-state index is 4.66. The van der Waals surface area contributed by atoms with Gasteiger partial charge in [-0.3, -0.25) is 0 Å². The Morgan fingerprint density at radius 3 is 2.61 bits per heavy atom. The van der Waals surface area contributed by atoms with Crippen molar-refractivity contribution in [1.29, 1.82) is 0 Å². The molecule has 98 valence electrons. The fourth-order valence-corrected chi connectivity index (χ4v) is 2.97. The van der Waals surface area contributed by atoms with Crippen molar-refractivity contribution in [2.75, 3.05) is 23.3 Å². The summed E-state index contributed by atoms with van der Waals surface area (Å²) in [5.41, 5.74) is 0. The first-order valence-corrected chi connectivity index (χ1v) is 7.26. The highest BCUT2D eigenvalue weighted by Crippen LogP contribution is 2.22. The molecule has 2 heterocycles. The average molecular weight is 246 g/mol. The van der Waals surface area contributed by atoms with E-state index >= 15 is 0 Å². The second-order valence-electron chi connectivity index (χ2n) is 5.41. The van der Waals surface area contributed by atoms with Crippen molar-refractivity contribution in [1.82, 2.24) is 9.97 Å². The first-order valence-electron chi connectivity index (χ1n) is 7.26. The summed E-state index contributed by atoms with van der Waals surface area (Å²) in [6.07, 6.45) is 11.0. The van der Waals surface area contributed by atoms with E-state index in [9.17, 15) is 0 Å². The van der Waals surface area contributed by atoms with Gasteiger partial charge in [0.1, 0.15) is 5.82 Å². The number of aromatic nitrogens is 2. The van der Waals surface area contributed by atoms with E-state index in [-0.39, 0.29) is 0 Å². The lowest BCUT2D eigenvalue weighted by Gasteiger charge is -2.27. The van der Waals surface area contributed by atoms with Crippen LogP contribution in [0.25, 0.3) is 0 Å². The van der Waals surface area contributed by atoms with Gasteiger partial charge in [-0.05, 0) is 38.2 Å². The van der Waals surface area contributed by atoms with Crippen molar-refractivity contribution >= 4 is 11.8 Å². The topological polar surface area (TPSA) is 41.1 Å². The van der Waals surface area contributed by atoms with Crippen molar-refractivity contribution in [3.05, 3.63) is 12.3 Å². The second kappa shape index (κ2) is 5.55. The largest absolute Gasteiger partial charge is 0.356 e. The van der Waals surface area contributed by atoms with Gasteiger partial charge in [-0.15, -0.1) is 0 Å². The van der Waals surface area contributed by atoms with Crippen LogP contribution < -0.4 is 10.2 Å². The van der Waals surface area contributed by atoms with Crippen molar-refractivity contribution < 1.29 is 0 Å². The Labute approximate surface area is 109 Å². The lowest BCUT2D eigenvalue weighted by atomic mass is 10.1. The van der Waals surface area contributed by atoms with Crippen molar-refractivity contribution in [3.8, 4) is 0 Å². The lowest BCUT2D eigenvalue weighted by molar-refractivity contribution is 0.573. The Bertz CT molecular complexity index is 381. The third-order valence-electron chi connectivity index (χ3n) is 4.01. The molecular formula is C14H22N4. The van der Waals surface area contributed by atoms with Crippen LogP contribution in [0.3, 0.4) is 0 Å². The van der Waals surface area contributed by atoms with Gasteiger partial charge < -0.3 is 10.2 Å². The summed E-state index contributed by atoms with van der Waals surface area (Å²) < 4.78 is 0. The zero-order valence-electron chi connectivity index (χ0n) is 10.9. The quantitative estimate of drug-likeness (QED) is 0.890. The van der Waals surface area contributed by atoms with Crippen LogP contribution in [-0.4, -0.2) is 29.1 Å². The fraction of sp³-hybridized carbons (Fsp3) is 0.714. The zero-order valence-corrected chi connectivity index (χ0v) is 10.9. The number of anilines is 2. The molecule has 1 N–H and O–H groups in total. The van der Waals surface area contributed by atoms with E-state index in [4.69, 9.17) is 0 Å². The van der Waals surface area contributed by atoms with Gasteiger partial charge in [0.05, 0.1) is 0 Å². The molecule has 2 fully saturated rings. The number of hydrogen-bond acceptors (Lipinski definition) is 4. The molecule has 0 aromatic carbocycles. The van der Waals surface area contributed by atoms with E-state index in [0.717, 1.165) is 24.9 Å². The molecule has 1 saturated carbocycles. The predicted molar refractivity (Wildman–Crippen MR) is 74.0 cm³/mol.